The van der Waals surface area contributed by atoms with Crippen LogP contribution in [-0.2, 0) is 0 Å². The standard InChI is InChI=1S/C15H14ClFN2O3/c1-21-13-6-4-10(8-14(13)22-2)18-15(20)19-12-5-3-9(16)7-11(12)17/h3-8H,1-2H3,(H2,18,19,20). The van der Waals surface area contributed by atoms with Gasteiger partial charge >= 0.3 is 6.03 Å². The van der Waals surface area contributed by atoms with E-state index in [0.29, 0.717) is 17.2 Å². The van der Waals surface area contributed by atoms with E-state index in [1.54, 1.807) is 18.2 Å². The van der Waals surface area contributed by atoms with Crippen molar-refractivity contribution >= 4 is 29.0 Å². The summed E-state index contributed by atoms with van der Waals surface area (Å²) < 4.78 is 23.8. The number of ether oxygens (including phenoxy) is 2. The summed E-state index contributed by atoms with van der Waals surface area (Å²) in [5, 5.41) is 5.22. The molecule has 2 amide bonds. The molecule has 116 valence electrons. The van der Waals surface area contributed by atoms with Crippen molar-refractivity contribution < 1.29 is 18.7 Å². The molecule has 0 saturated heterocycles. The van der Waals surface area contributed by atoms with Crippen LogP contribution in [0.25, 0.3) is 0 Å². The quantitative estimate of drug-likeness (QED) is 0.888. The third-order valence-electron chi connectivity index (χ3n) is 2.82. The first-order valence-electron chi connectivity index (χ1n) is 6.28. The van der Waals surface area contributed by atoms with E-state index in [1.165, 1.54) is 26.4 Å². The van der Waals surface area contributed by atoms with Gasteiger partial charge in [0.15, 0.2) is 11.5 Å². The lowest BCUT2D eigenvalue weighted by Crippen LogP contribution is -2.20. The predicted octanol–water partition coefficient (Wildman–Crippen LogP) is 4.14. The predicted molar refractivity (Wildman–Crippen MR) is 83.6 cm³/mol. The molecule has 2 N–H and O–H groups in total. The molecule has 0 bridgehead atoms. The third-order valence-corrected chi connectivity index (χ3v) is 3.06. The summed E-state index contributed by atoms with van der Waals surface area (Å²) in [6.07, 6.45) is 0. The maximum atomic E-state index is 13.6. The number of methoxy groups -OCH3 is 2. The minimum Gasteiger partial charge on any atom is -0.493 e. The van der Waals surface area contributed by atoms with Gasteiger partial charge in [-0.3, -0.25) is 0 Å². The first-order valence-corrected chi connectivity index (χ1v) is 6.66. The number of benzene rings is 2. The number of rotatable bonds is 4. The van der Waals surface area contributed by atoms with Gasteiger partial charge in [-0.25, -0.2) is 9.18 Å². The first kappa shape index (κ1) is 15.9. The molecule has 0 unspecified atom stereocenters. The van der Waals surface area contributed by atoms with Crippen LogP contribution in [0.4, 0.5) is 20.6 Å². The highest BCUT2D eigenvalue weighted by Crippen LogP contribution is 2.29. The lowest BCUT2D eigenvalue weighted by atomic mass is 10.2. The van der Waals surface area contributed by atoms with E-state index in [4.69, 9.17) is 21.1 Å². The fourth-order valence-electron chi connectivity index (χ4n) is 1.79. The number of carbonyl (C=O) groups excluding carboxylic acids is 1. The highest BCUT2D eigenvalue weighted by atomic mass is 35.5. The van der Waals surface area contributed by atoms with Gasteiger partial charge in [-0.05, 0) is 30.3 Å². The van der Waals surface area contributed by atoms with E-state index in [1.807, 2.05) is 0 Å². The van der Waals surface area contributed by atoms with Crippen molar-refractivity contribution in [3.63, 3.8) is 0 Å². The van der Waals surface area contributed by atoms with Crippen molar-refractivity contribution in [2.45, 2.75) is 0 Å². The normalized spacial score (nSPS) is 10.0. The van der Waals surface area contributed by atoms with Gasteiger partial charge in [0.1, 0.15) is 5.82 Å². The minimum absolute atomic E-state index is 0.0300. The molecule has 0 saturated carbocycles. The maximum absolute atomic E-state index is 13.6. The summed E-state index contributed by atoms with van der Waals surface area (Å²) in [6, 6.07) is 8.27. The van der Waals surface area contributed by atoms with Crippen molar-refractivity contribution in [1.82, 2.24) is 0 Å². The Hall–Kier alpha value is -2.47. The Morgan fingerprint density at radius 2 is 1.77 bits per heavy atom. The number of urea groups is 1. The van der Waals surface area contributed by atoms with Crippen LogP contribution < -0.4 is 20.1 Å². The molecule has 2 aromatic rings. The first-order chi connectivity index (χ1) is 10.5. The summed E-state index contributed by atoms with van der Waals surface area (Å²) in [5.41, 5.74) is 0.506. The largest absolute Gasteiger partial charge is 0.493 e. The average molecular weight is 325 g/mol. The Balaban J connectivity index is 2.08. The summed E-state index contributed by atoms with van der Waals surface area (Å²) >= 11 is 5.65. The van der Waals surface area contributed by atoms with Crippen molar-refractivity contribution in [3.8, 4) is 11.5 Å². The van der Waals surface area contributed by atoms with Crippen LogP contribution in [0.15, 0.2) is 36.4 Å². The number of hydrogen-bond acceptors (Lipinski definition) is 3. The van der Waals surface area contributed by atoms with Gasteiger partial charge in [0.05, 0.1) is 19.9 Å². The molecule has 0 radical (unpaired) electrons. The van der Waals surface area contributed by atoms with E-state index in [2.05, 4.69) is 10.6 Å². The molecule has 0 heterocycles. The molecule has 0 aliphatic carbocycles. The van der Waals surface area contributed by atoms with Gasteiger partial charge in [-0.15, -0.1) is 0 Å². The number of hydrogen-bond donors (Lipinski definition) is 2. The molecular formula is C15H14ClFN2O3. The van der Waals surface area contributed by atoms with Crippen LogP contribution in [0.1, 0.15) is 0 Å². The Labute approximate surface area is 132 Å². The molecular weight excluding hydrogens is 311 g/mol. The van der Waals surface area contributed by atoms with Gasteiger partial charge in [0.25, 0.3) is 0 Å². The third kappa shape index (κ3) is 3.79. The molecule has 2 rings (SSSR count). The smallest absolute Gasteiger partial charge is 0.323 e. The molecule has 0 aliphatic heterocycles. The molecule has 2 aromatic carbocycles. The lowest BCUT2D eigenvalue weighted by molar-refractivity contribution is 0.262. The highest BCUT2D eigenvalue weighted by Gasteiger charge is 2.10. The lowest BCUT2D eigenvalue weighted by Gasteiger charge is -2.11. The van der Waals surface area contributed by atoms with Crippen molar-refractivity contribution in [1.29, 1.82) is 0 Å². The number of halogens is 2. The molecule has 22 heavy (non-hydrogen) atoms. The topological polar surface area (TPSA) is 59.6 Å². The Bertz CT molecular complexity index is 694. The summed E-state index contributed by atoms with van der Waals surface area (Å²) in [4.78, 5) is 11.9. The van der Waals surface area contributed by atoms with E-state index in [9.17, 15) is 9.18 Å². The Morgan fingerprint density at radius 3 is 2.41 bits per heavy atom. The van der Waals surface area contributed by atoms with E-state index in [0.717, 1.165) is 6.07 Å². The Kier molecular flexibility index (Phi) is 5.06. The van der Waals surface area contributed by atoms with Crippen molar-refractivity contribution in [3.05, 3.63) is 47.2 Å². The average Bonchev–Trinajstić information content (AvgIpc) is 2.50. The van der Waals surface area contributed by atoms with Crippen molar-refractivity contribution in [2.75, 3.05) is 24.9 Å². The monoisotopic (exact) mass is 324 g/mol. The van der Waals surface area contributed by atoms with Crippen LogP contribution in [0.5, 0.6) is 11.5 Å². The molecule has 5 nitrogen and oxygen atoms in total. The Morgan fingerprint density at radius 1 is 1.05 bits per heavy atom. The second kappa shape index (κ2) is 7.00. The summed E-state index contributed by atoms with van der Waals surface area (Å²) in [7, 11) is 3.01. The van der Waals surface area contributed by atoms with Gasteiger partial charge in [0, 0.05) is 16.8 Å². The van der Waals surface area contributed by atoms with Crippen molar-refractivity contribution in [2.24, 2.45) is 0 Å². The SMILES string of the molecule is COc1ccc(NC(=O)Nc2ccc(Cl)cc2F)cc1OC. The molecule has 0 aliphatic rings. The second-order valence-electron chi connectivity index (χ2n) is 4.27. The molecule has 0 atom stereocenters. The number of carbonyl (C=O) groups is 1. The van der Waals surface area contributed by atoms with Gasteiger partial charge in [-0.2, -0.15) is 0 Å². The van der Waals surface area contributed by atoms with Crippen LogP contribution >= 0.6 is 11.6 Å². The van der Waals surface area contributed by atoms with Crippen LogP contribution in [0, 0.1) is 5.82 Å². The summed E-state index contributed by atoms with van der Waals surface area (Å²) in [5.74, 6) is 0.394. The molecule has 0 aromatic heterocycles. The summed E-state index contributed by atoms with van der Waals surface area (Å²) in [6.45, 7) is 0. The fourth-order valence-corrected chi connectivity index (χ4v) is 1.95. The minimum atomic E-state index is -0.616. The van der Waals surface area contributed by atoms with Crippen LogP contribution in [-0.4, -0.2) is 20.3 Å². The van der Waals surface area contributed by atoms with Gasteiger partial charge < -0.3 is 20.1 Å². The van der Waals surface area contributed by atoms with E-state index >= 15 is 0 Å². The maximum Gasteiger partial charge on any atom is 0.323 e. The highest BCUT2D eigenvalue weighted by molar-refractivity contribution is 6.30. The zero-order valence-corrected chi connectivity index (χ0v) is 12.7. The molecule has 7 heteroatoms. The van der Waals surface area contributed by atoms with E-state index in [-0.39, 0.29) is 10.7 Å². The number of amides is 2. The van der Waals surface area contributed by atoms with Gasteiger partial charge in [0.2, 0.25) is 0 Å². The van der Waals surface area contributed by atoms with Crippen LogP contribution in [0.2, 0.25) is 5.02 Å². The molecule has 0 spiro atoms. The number of anilines is 2. The van der Waals surface area contributed by atoms with E-state index < -0.39 is 11.8 Å². The second-order valence-corrected chi connectivity index (χ2v) is 4.71. The van der Waals surface area contributed by atoms with Gasteiger partial charge in [-0.1, -0.05) is 11.6 Å². The molecule has 0 fully saturated rings. The fraction of sp³-hybridized carbons (Fsp3) is 0.133. The zero-order chi connectivity index (χ0) is 16.1. The number of nitrogens with one attached hydrogen (secondary N) is 2. The van der Waals surface area contributed by atoms with Crippen LogP contribution in [0.3, 0.4) is 0 Å². The zero-order valence-electron chi connectivity index (χ0n) is 11.9.